The van der Waals surface area contributed by atoms with Crippen LogP contribution in [0.2, 0.25) is 0 Å². The Balaban J connectivity index is 2.34. The van der Waals surface area contributed by atoms with Crippen LogP contribution in [0.25, 0.3) is 5.70 Å². The van der Waals surface area contributed by atoms with E-state index in [1.807, 2.05) is 60.7 Å². The molecule has 0 saturated carbocycles. The highest BCUT2D eigenvalue weighted by Gasteiger charge is 2.07. The Morgan fingerprint density at radius 2 is 1.58 bits per heavy atom. The SMILES string of the molecule is CO/C(O)=C(\N=Cc1ccccc1)c1ccccc1. The zero-order valence-electron chi connectivity index (χ0n) is 10.7. The zero-order valence-corrected chi connectivity index (χ0v) is 10.7. The lowest BCUT2D eigenvalue weighted by Crippen LogP contribution is -1.93. The number of ether oxygens (including phenoxy) is 1. The molecule has 19 heavy (non-hydrogen) atoms. The molecule has 0 radical (unpaired) electrons. The molecule has 2 aromatic carbocycles. The second kappa shape index (κ2) is 6.40. The van der Waals surface area contributed by atoms with E-state index in [1.165, 1.54) is 7.11 Å². The van der Waals surface area contributed by atoms with Gasteiger partial charge < -0.3 is 9.84 Å². The molecule has 2 rings (SSSR count). The van der Waals surface area contributed by atoms with Crippen molar-refractivity contribution in [3.05, 3.63) is 77.7 Å². The first-order valence-electron chi connectivity index (χ1n) is 5.93. The average molecular weight is 253 g/mol. The highest BCUT2D eigenvalue weighted by molar-refractivity contribution is 5.85. The fourth-order valence-electron chi connectivity index (χ4n) is 1.62. The minimum Gasteiger partial charge on any atom is -0.479 e. The summed E-state index contributed by atoms with van der Waals surface area (Å²) >= 11 is 0. The summed E-state index contributed by atoms with van der Waals surface area (Å²) in [6.45, 7) is 0. The number of aliphatic imine (C=N–C) groups is 1. The van der Waals surface area contributed by atoms with Crippen molar-refractivity contribution in [3.63, 3.8) is 0 Å². The second-order valence-electron chi connectivity index (χ2n) is 3.89. The van der Waals surface area contributed by atoms with E-state index in [9.17, 15) is 5.11 Å². The predicted octanol–water partition coefficient (Wildman–Crippen LogP) is 3.64. The highest BCUT2D eigenvalue weighted by atomic mass is 16.6. The van der Waals surface area contributed by atoms with Crippen LogP contribution in [0.15, 0.2) is 71.6 Å². The quantitative estimate of drug-likeness (QED) is 0.667. The van der Waals surface area contributed by atoms with Crippen molar-refractivity contribution >= 4 is 11.9 Å². The van der Waals surface area contributed by atoms with Gasteiger partial charge in [0.2, 0.25) is 0 Å². The molecule has 96 valence electrons. The van der Waals surface area contributed by atoms with Crippen LogP contribution < -0.4 is 0 Å². The molecule has 0 heterocycles. The van der Waals surface area contributed by atoms with Gasteiger partial charge in [0.05, 0.1) is 7.11 Å². The standard InChI is InChI=1S/C16H15NO2/c1-19-16(18)15(14-10-6-3-7-11-14)17-12-13-8-4-2-5-9-13/h2-12,18H,1H3/b16-15-,17-12?. The molecule has 0 unspecified atom stereocenters. The fourth-order valence-corrected chi connectivity index (χ4v) is 1.62. The Morgan fingerprint density at radius 1 is 1.00 bits per heavy atom. The third-order valence-corrected chi connectivity index (χ3v) is 2.59. The first-order chi connectivity index (χ1) is 9.31. The summed E-state index contributed by atoms with van der Waals surface area (Å²) in [7, 11) is 1.41. The highest BCUT2D eigenvalue weighted by Crippen LogP contribution is 2.19. The molecular formula is C16H15NO2. The van der Waals surface area contributed by atoms with Gasteiger partial charge >= 0.3 is 5.95 Å². The maximum Gasteiger partial charge on any atom is 0.304 e. The molecule has 0 aliphatic rings. The molecule has 0 aliphatic heterocycles. The van der Waals surface area contributed by atoms with Gasteiger partial charge in [-0.2, -0.15) is 0 Å². The van der Waals surface area contributed by atoms with Gasteiger partial charge in [-0.25, -0.2) is 4.99 Å². The first-order valence-corrected chi connectivity index (χ1v) is 5.93. The van der Waals surface area contributed by atoms with Crippen LogP contribution in [0.1, 0.15) is 11.1 Å². The number of nitrogens with zero attached hydrogens (tertiary/aromatic N) is 1. The monoisotopic (exact) mass is 253 g/mol. The van der Waals surface area contributed by atoms with E-state index in [4.69, 9.17) is 4.74 Å². The number of hydrogen-bond donors (Lipinski definition) is 1. The van der Waals surface area contributed by atoms with Crippen LogP contribution in [-0.2, 0) is 4.74 Å². The fraction of sp³-hybridized carbons (Fsp3) is 0.0625. The van der Waals surface area contributed by atoms with Crippen LogP contribution in [0, 0.1) is 0 Å². The van der Waals surface area contributed by atoms with Crippen LogP contribution >= 0.6 is 0 Å². The molecule has 0 amide bonds. The van der Waals surface area contributed by atoms with E-state index < -0.39 is 0 Å². The Hall–Kier alpha value is -2.55. The zero-order chi connectivity index (χ0) is 13.5. The molecule has 3 heteroatoms. The number of aliphatic hydroxyl groups is 1. The molecule has 0 fully saturated rings. The summed E-state index contributed by atoms with van der Waals surface area (Å²) in [5.41, 5.74) is 2.17. The first kappa shape index (κ1) is 12.9. The lowest BCUT2D eigenvalue weighted by molar-refractivity contribution is 0.138. The van der Waals surface area contributed by atoms with Gasteiger partial charge in [0.25, 0.3) is 0 Å². The van der Waals surface area contributed by atoms with Crippen molar-refractivity contribution in [2.24, 2.45) is 4.99 Å². The molecule has 0 saturated heterocycles. The van der Waals surface area contributed by atoms with Crippen molar-refractivity contribution in [1.29, 1.82) is 0 Å². The summed E-state index contributed by atoms with van der Waals surface area (Å²) < 4.78 is 4.88. The van der Waals surface area contributed by atoms with Crippen LogP contribution in [-0.4, -0.2) is 18.4 Å². The van der Waals surface area contributed by atoms with E-state index in [0.29, 0.717) is 5.70 Å². The predicted molar refractivity (Wildman–Crippen MR) is 77.0 cm³/mol. The van der Waals surface area contributed by atoms with Gasteiger partial charge in [0.15, 0.2) is 5.70 Å². The Bertz CT molecular complexity index is 574. The van der Waals surface area contributed by atoms with E-state index >= 15 is 0 Å². The van der Waals surface area contributed by atoms with Gasteiger partial charge in [0, 0.05) is 11.8 Å². The topological polar surface area (TPSA) is 41.8 Å². The third-order valence-electron chi connectivity index (χ3n) is 2.59. The summed E-state index contributed by atoms with van der Waals surface area (Å²) in [6, 6.07) is 19.1. The molecule has 3 nitrogen and oxygen atoms in total. The van der Waals surface area contributed by atoms with Gasteiger partial charge in [-0.05, 0) is 5.56 Å². The van der Waals surface area contributed by atoms with Gasteiger partial charge in [0.1, 0.15) is 0 Å². The molecule has 1 N–H and O–H groups in total. The largest absolute Gasteiger partial charge is 0.479 e. The van der Waals surface area contributed by atoms with Crippen LogP contribution in [0.3, 0.4) is 0 Å². The van der Waals surface area contributed by atoms with Crippen molar-refractivity contribution < 1.29 is 9.84 Å². The van der Waals surface area contributed by atoms with Crippen molar-refractivity contribution in [3.8, 4) is 0 Å². The maximum atomic E-state index is 9.79. The van der Waals surface area contributed by atoms with Gasteiger partial charge in [-0.1, -0.05) is 60.7 Å². The van der Waals surface area contributed by atoms with Crippen molar-refractivity contribution in [1.82, 2.24) is 0 Å². The Morgan fingerprint density at radius 3 is 2.16 bits per heavy atom. The minimum absolute atomic E-state index is 0.196. The van der Waals surface area contributed by atoms with Crippen LogP contribution in [0.4, 0.5) is 0 Å². The van der Waals surface area contributed by atoms with Gasteiger partial charge in [-0.15, -0.1) is 0 Å². The lowest BCUT2D eigenvalue weighted by atomic mass is 10.1. The Labute approximate surface area is 112 Å². The Kier molecular flexibility index (Phi) is 4.34. The number of methoxy groups -OCH3 is 1. The molecule has 0 atom stereocenters. The van der Waals surface area contributed by atoms with Crippen molar-refractivity contribution in [2.75, 3.05) is 7.11 Å². The third kappa shape index (κ3) is 3.45. The number of rotatable bonds is 4. The lowest BCUT2D eigenvalue weighted by Gasteiger charge is -2.05. The number of hydrogen-bond acceptors (Lipinski definition) is 3. The molecule has 2 aromatic rings. The molecular weight excluding hydrogens is 238 g/mol. The normalized spacial score (nSPS) is 12.3. The molecule has 0 aliphatic carbocycles. The second-order valence-corrected chi connectivity index (χ2v) is 3.89. The van der Waals surface area contributed by atoms with Crippen molar-refractivity contribution in [2.45, 2.75) is 0 Å². The minimum atomic E-state index is -0.196. The number of aliphatic hydroxyl groups excluding tert-OH is 1. The summed E-state index contributed by atoms with van der Waals surface area (Å²) in [5, 5.41) is 9.79. The smallest absolute Gasteiger partial charge is 0.304 e. The van der Waals surface area contributed by atoms with E-state index in [1.54, 1.807) is 6.21 Å². The van der Waals surface area contributed by atoms with Gasteiger partial charge in [-0.3, -0.25) is 0 Å². The summed E-state index contributed by atoms with van der Waals surface area (Å²) in [6.07, 6.45) is 1.69. The van der Waals surface area contributed by atoms with Crippen LogP contribution in [0.5, 0.6) is 0 Å². The number of benzene rings is 2. The van der Waals surface area contributed by atoms with E-state index in [0.717, 1.165) is 11.1 Å². The summed E-state index contributed by atoms with van der Waals surface area (Å²) in [5.74, 6) is -0.196. The average Bonchev–Trinajstić information content (AvgIpc) is 2.49. The molecule has 0 spiro atoms. The van der Waals surface area contributed by atoms with E-state index in [-0.39, 0.29) is 5.95 Å². The summed E-state index contributed by atoms with van der Waals surface area (Å²) in [4.78, 5) is 4.31. The maximum absolute atomic E-state index is 9.79. The van der Waals surface area contributed by atoms with E-state index in [2.05, 4.69) is 4.99 Å². The molecule has 0 bridgehead atoms. The molecule has 0 aromatic heterocycles.